The van der Waals surface area contributed by atoms with Crippen LogP contribution in [0.1, 0.15) is 42.4 Å². The summed E-state index contributed by atoms with van der Waals surface area (Å²) in [5, 5.41) is 16.7. The predicted octanol–water partition coefficient (Wildman–Crippen LogP) is 3.44. The summed E-state index contributed by atoms with van der Waals surface area (Å²) in [5.74, 6) is 1.26. The van der Waals surface area contributed by atoms with E-state index < -0.39 is 41.7 Å². The number of hydrogen-bond acceptors (Lipinski definition) is 5. The van der Waals surface area contributed by atoms with Crippen molar-refractivity contribution in [3.05, 3.63) is 65.0 Å². The van der Waals surface area contributed by atoms with Gasteiger partial charge in [-0.05, 0) is 48.6 Å². The topological polar surface area (TPSA) is 90.9 Å². The van der Waals surface area contributed by atoms with Gasteiger partial charge in [-0.25, -0.2) is 4.39 Å². The van der Waals surface area contributed by atoms with Gasteiger partial charge in [0.15, 0.2) is 0 Å². The highest BCUT2D eigenvalue weighted by atomic mass is 19.4. The van der Waals surface area contributed by atoms with Gasteiger partial charge in [-0.15, -0.1) is 12.3 Å². The number of benzene rings is 2. The number of ether oxygens (including phenoxy) is 1. The van der Waals surface area contributed by atoms with E-state index in [4.69, 9.17) is 11.2 Å². The van der Waals surface area contributed by atoms with Gasteiger partial charge >= 0.3 is 6.18 Å². The van der Waals surface area contributed by atoms with E-state index in [0.717, 1.165) is 12.1 Å². The van der Waals surface area contributed by atoms with Crippen LogP contribution in [0.2, 0.25) is 0 Å². The normalized spacial score (nSPS) is 20.0. The van der Waals surface area contributed by atoms with Crippen molar-refractivity contribution in [1.29, 1.82) is 0 Å². The summed E-state index contributed by atoms with van der Waals surface area (Å²) in [4.78, 5) is 27.3. The lowest BCUT2D eigenvalue weighted by atomic mass is 9.99. The minimum atomic E-state index is -4.48. The molecule has 216 valence electrons. The maximum atomic E-state index is 14.4. The van der Waals surface area contributed by atoms with Gasteiger partial charge < -0.3 is 25.4 Å². The van der Waals surface area contributed by atoms with Crippen LogP contribution in [-0.4, -0.2) is 60.2 Å². The van der Waals surface area contributed by atoms with E-state index in [9.17, 15) is 32.3 Å². The highest BCUT2D eigenvalue weighted by Crippen LogP contribution is 2.29. The van der Waals surface area contributed by atoms with Crippen LogP contribution in [0.4, 0.5) is 17.6 Å². The van der Waals surface area contributed by atoms with Crippen LogP contribution < -0.4 is 15.4 Å². The lowest BCUT2D eigenvalue weighted by molar-refractivity contribution is -0.139. The molecule has 0 radical (unpaired) electrons. The molecule has 7 nitrogen and oxygen atoms in total. The second kappa shape index (κ2) is 14.1. The molecule has 1 aliphatic rings. The first-order valence-corrected chi connectivity index (χ1v) is 12.9. The molecule has 0 spiro atoms. The molecule has 0 fully saturated rings. The van der Waals surface area contributed by atoms with Gasteiger partial charge in [0.25, 0.3) is 0 Å². The van der Waals surface area contributed by atoms with E-state index in [0.29, 0.717) is 24.0 Å². The summed E-state index contributed by atoms with van der Waals surface area (Å²) in [6.45, 7) is 0.182. The van der Waals surface area contributed by atoms with Crippen LogP contribution in [-0.2, 0) is 28.7 Å². The molecule has 0 saturated heterocycles. The molecule has 2 aromatic rings. The fourth-order valence-corrected chi connectivity index (χ4v) is 4.44. The Kier molecular flexibility index (Phi) is 10.9. The summed E-state index contributed by atoms with van der Waals surface area (Å²) in [6, 6.07) is 6.95. The minimum absolute atomic E-state index is 0.00665. The Morgan fingerprint density at radius 3 is 2.73 bits per heavy atom. The molecular formula is C29H33F4N3O4. The standard InChI is InChI=1S/C29H33F4N3O4/c1-3-7-25-28(39)35-24(26(37)18-34-17-19-8-6-9-21(12-19)29(31,32)33)15-20-13-22(30)16-23(14-20)40-11-5-4-10-27(38)36(25)2/h1,6,8-9,12-14,16,24-26,34,37H,4-5,7,10-11,15,17-18H2,2H3,(H,35,39)/t24-,25?,26+/m0/s1. The molecule has 0 saturated carbocycles. The third-order valence-corrected chi connectivity index (χ3v) is 6.64. The molecule has 1 heterocycles. The summed E-state index contributed by atoms with van der Waals surface area (Å²) >= 11 is 0. The number of nitrogens with one attached hydrogen (secondary N) is 2. The number of hydrogen-bond donors (Lipinski definition) is 3. The van der Waals surface area contributed by atoms with E-state index in [2.05, 4.69) is 16.6 Å². The van der Waals surface area contributed by atoms with E-state index in [1.807, 2.05) is 0 Å². The van der Waals surface area contributed by atoms with E-state index in [1.54, 1.807) is 6.07 Å². The van der Waals surface area contributed by atoms with Crippen molar-refractivity contribution in [2.24, 2.45) is 0 Å². The molecule has 40 heavy (non-hydrogen) atoms. The molecule has 2 aromatic carbocycles. The number of carbonyl (C=O) groups is 2. The number of amides is 2. The second-order valence-corrected chi connectivity index (χ2v) is 9.75. The smallest absolute Gasteiger partial charge is 0.416 e. The Bertz CT molecular complexity index is 1210. The number of aliphatic hydroxyl groups excluding tert-OH is 1. The van der Waals surface area contributed by atoms with Crippen LogP contribution in [0.15, 0.2) is 42.5 Å². The lowest BCUT2D eigenvalue weighted by Gasteiger charge is -2.30. The summed E-state index contributed by atoms with van der Waals surface area (Å²) in [5.41, 5.74) is 0.0168. The molecular weight excluding hydrogens is 530 g/mol. The number of fused-ring (bicyclic) bond motifs is 2. The van der Waals surface area contributed by atoms with Crippen molar-refractivity contribution in [1.82, 2.24) is 15.5 Å². The van der Waals surface area contributed by atoms with Crippen molar-refractivity contribution in [2.75, 3.05) is 20.2 Å². The molecule has 1 aliphatic heterocycles. The van der Waals surface area contributed by atoms with Crippen LogP contribution in [0.3, 0.4) is 0 Å². The summed E-state index contributed by atoms with van der Waals surface area (Å²) < 4.78 is 59.1. The highest BCUT2D eigenvalue weighted by Gasteiger charge is 2.31. The molecule has 3 N–H and O–H groups in total. The number of rotatable bonds is 6. The zero-order valence-electron chi connectivity index (χ0n) is 22.1. The Labute approximate surface area is 230 Å². The Balaban J connectivity index is 1.82. The molecule has 3 atom stereocenters. The van der Waals surface area contributed by atoms with Crippen LogP contribution in [0.25, 0.3) is 0 Å². The van der Waals surface area contributed by atoms with Gasteiger partial charge in [0.2, 0.25) is 11.8 Å². The van der Waals surface area contributed by atoms with Gasteiger partial charge in [0.1, 0.15) is 17.6 Å². The zero-order valence-corrected chi connectivity index (χ0v) is 22.1. The van der Waals surface area contributed by atoms with Crippen molar-refractivity contribution in [3.63, 3.8) is 0 Å². The van der Waals surface area contributed by atoms with Crippen LogP contribution in [0.5, 0.6) is 5.75 Å². The van der Waals surface area contributed by atoms with Gasteiger partial charge in [0, 0.05) is 39.0 Å². The number of likely N-dealkylation sites (N-methyl/N-ethyl adjacent to an activating group) is 1. The van der Waals surface area contributed by atoms with Crippen LogP contribution in [0, 0.1) is 18.2 Å². The van der Waals surface area contributed by atoms with Crippen LogP contribution >= 0.6 is 0 Å². The molecule has 0 aromatic heterocycles. The molecule has 0 aliphatic carbocycles. The van der Waals surface area contributed by atoms with Gasteiger partial charge in [0.05, 0.1) is 24.3 Å². The van der Waals surface area contributed by atoms with E-state index in [-0.39, 0.29) is 50.6 Å². The lowest BCUT2D eigenvalue weighted by Crippen LogP contribution is -2.55. The van der Waals surface area contributed by atoms with E-state index >= 15 is 0 Å². The number of alkyl halides is 3. The third-order valence-electron chi connectivity index (χ3n) is 6.64. The number of aliphatic hydroxyl groups is 1. The third kappa shape index (κ3) is 8.96. The first-order valence-electron chi connectivity index (χ1n) is 12.9. The fourth-order valence-electron chi connectivity index (χ4n) is 4.44. The summed E-state index contributed by atoms with van der Waals surface area (Å²) in [6.07, 6.45) is 0.894. The molecule has 1 unspecified atom stereocenters. The number of halogens is 4. The SMILES string of the molecule is C#CCC1C(=O)N[C@H]([C@H](O)CNCc2cccc(C(F)(F)F)c2)Cc2cc(F)cc(c2)OCCCCC(=O)N1C. The van der Waals surface area contributed by atoms with E-state index in [1.165, 1.54) is 36.2 Å². The number of terminal acetylenes is 1. The maximum absolute atomic E-state index is 14.4. The Morgan fingerprint density at radius 1 is 1.23 bits per heavy atom. The van der Waals surface area contributed by atoms with Crippen molar-refractivity contribution < 1.29 is 37.0 Å². The molecule has 2 amide bonds. The largest absolute Gasteiger partial charge is 0.493 e. The average Bonchev–Trinajstić information content (AvgIpc) is 2.89. The predicted molar refractivity (Wildman–Crippen MR) is 141 cm³/mol. The molecule has 3 rings (SSSR count). The van der Waals surface area contributed by atoms with Crippen molar-refractivity contribution in [2.45, 2.75) is 63.0 Å². The van der Waals surface area contributed by atoms with Crippen molar-refractivity contribution in [3.8, 4) is 18.1 Å². The minimum Gasteiger partial charge on any atom is -0.493 e. The van der Waals surface area contributed by atoms with Crippen molar-refractivity contribution >= 4 is 11.8 Å². The van der Waals surface area contributed by atoms with Gasteiger partial charge in [-0.1, -0.05) is 18.2 Å². The second-order valence-electron chi connectivity index (χ2n) is 9.75. The first-order chi connectivity index (χ1) is 19.0. The molecule has 11 heteroatoms. The Morgan fingerprint density at radius 2 is 2.00 bits per heavy atom. The maximum Gasteiger partial charge on any atom is 0.416 e. The highest BCUT2D eigenvalue weighted by molar-refractivity contribution is 5.88. The van der Waals surface area contributed by atoms with Gasteiger partial charge in [-0.2, -0.15) is 13.2 Å². The number of nitrogens with zero attached hydrogens (tertiary/aromatic N) is 1. The average molecular weight is 564 g/mol. The molecule has 2 bridgehead atoms. The van der Waals surface area contributed by atoms with Gasteiger partial charge in [-0.3, -0.25) is 9.59 Å². The Hall–Kier alpha value is -3.62. The summed E-state index contributed by atoms with van der Waals surface area (Å²) in [7, 11) is 1.49. The first kappa shape index (κ1) is 30.9. The monoisotopic (exact) mass is 563 g/mol. The fraction of sp³-hybridized carbons (Fsp3) is 0.448. The zero-order chi connectivity index (χ0) is 29.3. The number of carbonyl (C=O) groups excluding carboxylic acids is 2. The quantitative estimate of drug-likeness (QED) is 0.370.